The van der Waals surface area contributed by atoms with Crippen LogP contribution in [0.3, 0.4) is 0 Å². The van der Waals surface area contributed by atoms with E-state index < -0.39 is 25.6 Å². The van der Waals surface area contributed by atoms with Crippen LogP contribution in [0, 0.1) is 5.92 Å². The van der Waals surface area contributed by atoms with Crippen molar-refractivity contribution in [2.24, 2.45) is 5.92 Å². The van der Waals surface area contributed by atoms with E-state index in [1.165, 1.54) is 7.11 Å². The van der Waals surface area contributed by atoms with Crippen molar-refractivity contribution in [3.63, 3.8) is 0 Å². The molecule has 0 radical (unpaired) electrons. The Bertz CT molecular complexity index is 806. The van der Waals surface area contributed by atoms with E-state index in [0.29, 0.717) is 23.0 Å². The topological polar surface area (TPSA) is 57.2 Å². The summed E-state index contributed by atoms with van der Waals surface area (Å²) in [7, 11) is 0.835. The van der Waals surface area contributed by atoms with Gasteiger partial charge in [-0.05, 0) is 66.2 Å². The van der Waals surface area contributed by atoms with Crippen LogP contribution in [0.5, 0.6) is 0 Å². The van der Waals surface area contributed by atoms with Crippen molar-refractivity contribution in [1.29, 1.82) is 0 Å². The number of methoxy groups -OCH3 is 2. The lowest BCUT2D eigenvalue weighted by Crippen LogP contribution is -2.57. The van der Waals surface area contributed by atoms with Crippen LogP contribution in [0.25, 0.3) is 0 Å². The van der Waals surface area contributed by atoms with Crippen LogP contribution in [0.4, 0.5) is 0 Å². The molecule has 0 amide bonds. The molecule has 0 N–H and O–H groups in total. The molecule has 0 aromatic carbocycles. The first-order valence-corrected chi connectivity index (χ1v) is 15.8. The van der Waals surface area contributed by atoms with Gasteiger partial charge in [-0.1, -0.05) is 41.5 Å². The molecule has 6 nitrogen and oxygen atoms in total. The van der Waals surface area contributed by atoms with Crippen LogP contribution in [0.2, 0.25) is 16.6 Å². The second-order valence-corrected chi connectivity index (χ2v) is 18.2. The molecule has 0 aromatic rings. The number of halogens is 1. The van der Waals surface area contributed by atoms with E-state index in [0.717, 1.165) is 29.6 Å². The summed E-state index contributed by atoms with van der Waals surface area (Å²) in [6.45, 7) is 20.9. The Balaban J connectivity index is 2.20. The number of nitrogens with zero attached hydrogens (tertiary/aromatic N) is 1. The molecule has 0 unspecified atom stereocenters. The Kier molecular flexibility index (Phi) is 7.85. The minimum Gasteiger partial charge on any atom is -0.469 e. The van der Waals surface area contributed by atoms with Gasteiger partial charge in [0.15, 0.2) is 0 Å². The number of ether oxygens (including phenoxy) is 3. The number of esters is 1. The summed E-state index contributed by atoms with van der Waals surface area (Å²) < 4.78 is 26.4. The molecular formula is C26H46BrNO5Si. The highest BCUT2D eigenvalue weighted by atomic mass is 79.9. The highest BCUT2D eigenvalue weighted by Gasteiger charge is 2.71. The zero-order valence-corrected chi connectivity index (χ0v) is 25.7. The minimum absolute atomic E-state index is 0.218. The van der Waals surface area contributed by atoms with Gasteiger partial charge in [-0.3, -0.25) is 4.79 Å². The van der Waals surface area contributed by atoms with E-state index in [2.05, 4.69) is 83.1 Å². The Morgan fingerprint density at radius 2 is 1.71 bits per heavy atom. The maximum atomic E-state index is 13.1. The molecule has 2 fully saturated rings. The number of likely N-dealkylation sites (tertiary alicyclic amines) is 1. The molecule has 196 valence electrons. The van der Waals surface area contributed by atoms with E-state index in [1.807, 2.05) is 0 Å². The van der Waals surface area contributed by atoms with Crippen molar-refractivity contribution >= 4 is 30.2 Å². The van der Waals surface area contributed by atoms with Gasteiger partial charge in [-0.25, -0.2) is 0 Å². The van der Waals surface area contributed by atoms with Crippen molar-refractivity contribution in [2.75, 3.05) is 20.8 Å². The predicted octanol–water partition coefficient (Wildman–Crippen LogP) is 6.35. The summed E-state index contributed by atoms with van der Waals surface area (Å²) >= 11 is 3.98. The summed E-state index contributed by atoms with van der Waals surface area (Å²) in [5.41, 5.74) is 1.22. The van der Waals surface area contributed by atoms with Gasteiger partial charge in [0, 0.05) is 20.1 Å². The molecule has 3 aliphatic heterocycles. The van der Waals surface area contributed by atoms with E-state index in [4.69, 9.17) is 18.6 Å². The highest BCUT2D eigenvalue weighted by Crippen LogP contribution is 2.64. The summed E-state index contributed by atoms with van der Waals surface area (Å²) in [5, 5.41) is 0. The fourth-order valence-electron chi connectivity index (χ4n) is 7.17. The Hall–Kier alpha value is -0.413. The first-order chi connectivity index (χ1) is 15.6. The van der Waals surface area contributed by atoms with Crippen molar-refractivity contribution in [2.45, 2.75) is 121 Å². The number of carbonyl (C=O) groups excluding carboxylic acids is 1. The summed E-state index contributed by atoms with van der Waals surface area (Å²) in [5.74, 6) is -1.94. The Morgan fingerprint density at radius 1 is 1.15 bits per heavy atom. The molecule has 4 atom stereocenters. The normalized spacial score (nSPS) is 32.1. The molecule has 0 saturated carbocycles. The second-order valence-electron chi connectivity index (χ2n) is 12.0. The summed E-state index contributed by atoms with van der Waals surface area (Å²) in [6, 6.07) is 0.218. The van der Waals surface area contributed by atoms with Gasteiger partial charge < -0.3 is 23.5 Å². The zero-order valence-electron chi connectivity index (χ0n) is 23.1. The maximum Gasteiger partial charge on any atom is 0.314 e. The summed E-state index contributed by atoms with van der Waals surface area (Å²) in [6.07, 6.45) is 2.69. The van der Waals surface area contributed by atoms with Gasteiger partial charge in [0.1, 0.15) is 11.5 Å². The third kappa shape index (κ3) is 4.03. The van der Waals surface area contributed by atoms with Gasteiger partial charge in [0.05, 0.1) is 28.9 Å². The molecule has 3 aliphatic rings. The molecule has 3 heterocycles. The number of rotatable bonds is 9. The van der Waals surface area contributed by atoms with Crippen LogP contribution in [-0.4, -0.2) is 63.0 Å². The van der Waals surface area contributed by atoms with Gasteiger partial charge >= 0.3 is 5.97 Å². The van der Waals surface area contributed by atoms with Gasteiger partial charge in [0.25, 0.3) is 0 Å². The van der Waals surface area contributed by atoms with Crippen LogP contribution < -0.4 is 0 Å². The second kappa shape index (κ2) is 9.47. The largest absolute Gasteiger partial charge is 0.469 e. The minimum atomic E-state index is -2.40. The number of carbonyl (C=O) groups is 1. The van der Waals surface area contributed by atoms with Crippen molar-refractivity contribution < 1.29 is 23.4 Å². The van der Waals surface area contributed by atoms with Gasteiger partial charge in [-0.2, -0.15) is 0 Å². The zero-order chi connectivity index (χ0) is 25.9. The number of fused-ring (bicyclic) bond motifs is 2. The van der Waals surface area contributed by atoms with E-state index in [-0.39, 0.29) is 17.6 Å². The van der Waals surface area contributed by atoms with E-state index in [9.17, 15) is 4.79 Å². The number of hydrogen-bond acceptors (Lipinski definition) is 6. The lowest BCUT2D eigenvalue weighted by Gasteiger charge is -2.48. The Labute approximate surface area is 216 Å². The molecule has 8 heteroatoms. The molecule has 0 aliphatic carbocycles. The standard InChI is InChI=1S/C26H46BrNO5Si/c1-16(2)34(17(3)4,18(5)6)33-26-19(23(29)30-10)15-25(9,32-26)22(21(26)27)28-14-12-13-20(28)24(7,8)31-11/h16-20H,12-15H2,1-11H3/t19-,20-,25+,26+/m0/s1. The van der Waals surface area contributed by atoms with Gasteiger partial charge in [-0.15, -0.1) is 0 Å². The summed E-state index contributed by atoms with van der Waals surface area (Å²) in [4.78, 5) is 15.6. The van der Waals surface area contributed by atoms with Gasteiger partial charge in [0.2, 0.25) is 14.1 Å². The molecular weight excluding hydrogens is 514 g/mol. The van der Waals surface area contributed by atoms with Crippen LogP contribution in [0.15, 0.2) is 10.2 Å². The van der Waals surface area contributed by atoms with Crippen molar-refractivity contribution in [3.8, 4) is 0 Å². The van der Waals surface area contributed by atoms with Crippen LogP contribution in [0.1, 0.15) is 81.6 Å². The molecule has 0 spiro atoms. The lowest BCUT2D eigenvalue weighted by atomic mass is 9.81. The molecule has 2 saturated heterocycles. The quantitative estimate of drug-likeness (QED) is 0.242. The molecule has 0 aromatic heterocycles. The smallest absolute Gasteiger partial charge is 0.314 e. The average molecular weight is 561 g/mol. The number of hydrogen-bond donors (Lipinski definition) is 0. The van der Waals surface area contributed by atoms with Crippen molar-refractivity contribution in [3.05, 3.63) is 10.2 Å². The predicted molar refractivity (Wildman–Crippen MR) is 141 cm³/mol. The van der Waals surface area contributed by atoms with Crippen molar-refractivity contribution in [1.82, 2.24) is 4.90 Å². The average Bonchev–Trinajstić information content (AvgIpc) is 3.39. The SMILES string of the molecule is COC(=O)[C@@H]1C[C@@]2(C)O[C@]1(O[Si](C(C)C)(C(C)C)C(C)C)C(Br)=C2N1CCC[C@H]1C(C)(C)OC. The Morgan fingerprint density at radius 3 is 2.18 bits per heavy atom. The van der Waals surface area contributed by atoms with E-state index >= 15 is 0 Å². The molecule has 2 bridgehead atoms. The first-order valence-electron chi connectivity index (χ1n) is 12.8. The fraction of sp³-hybridized carbons (Fsp3) is 0.885. The monoisotopic (exact) mass is 559 g/mol. The highest BCUT2D eigenvalue weighted by molar-refractivity contribution is 9.11. The third-order valence-electron chi connectivity index (χ3n) is 8.83. The van der Waals surface area contributed by atoms with E-state index in [1.54, 1.807) is 7.11 Å². The van der Waals surface area contributed by atoms with Crippen LogP contribution >= 0.6 is 15.9 Å². The molecule has 34 heavy (non-hydrogen) atoms. The molecule has 3 rings (SSSR count). The first kappa shape index (κ1) is 28.2. The maximum absolute atomic E-state index is 13.1. The third-order valence-corrected chi connectivity index (χ3v) is 15.8. The lowest BCUT2D eigenvalue weighted by molar-refractivity contribution is -0.185. The fourth-order valence-corrected chi connectivity index (χ4v) is 13.9. The van der Waals surface area contributed by atoms with Crippen LogP contribution in [-0.2, 0) is 23.4 Å².